The largest absolute Gasteiger partial charge is 0.495 e. The molecule has 0 aromatic heterocycles. The fourth-order valence-corrected chi connectivity index (χ4v) is 4.28. The lowest BCUT2D eigenvalue weighted by molar-refractivity contribution is 0.113. The summed E-state index contributed by atoms with van der Waals surface area (Å²) < 4.78 is 12.0. The smallest absolute Gasteiger partial charge is 0.142 e. The molecule has 0 spiro atoms. The fourth-order valence-electron chi connectivity index (χ4n) is 4.28. The van der Waals surface area contributed by atoms with E-state index in [4.69, 9.17) is 15.2 Å². The van der Waals surface area contributed by atoms with E-state index in [1.54, 1.807) is 7.11 Å². The number of methoxy groups -OCH3 is 1. The molecule has 2 aromatic carbocycles. The first-order valence-electron chi connectivity index (χ1n) is 9.78. The summed E-state index contributed by atoms with van der Waals surface area (Å²) in [4.78, 5) is 4.70. The Labute approximate surface area is 161 Å². The number of piperidine rings is 1. The van der Waals surface area contributed by atoms with Gasteiger partial charge in [0.25, 0.3) is 0 Å². The molecule has 0 aliphatic carbocycles. The Morgan fingerprint density at radius 2 is 1.78 bits per heavy atom. The van der Waals surface area contributed by atoms with Crippen molar-refractivity contribution in [3.63, 3.8) is 0 Å². The van der Waals surface area contributed by atoms with Crippen molar-refractivity contribution in [3.8, 4) is 11.5 Å². The average molecular weight is 367 g/mol. The number of anilines is 1. The maximum absolute atomic E-state index is 6.45. The summed E-state index contributed by atoms with van der Waals surface area (Å²) in [6, 6.07) is 14.7. The average Bonchev–Trinajstić information content (AvgIpc) is 3.09. The van der Waals surface area contributed by atoms with Crippen LogP contribution in [0.25, 0.3) is 0 Å². The van der Waals surface area contributed by atoms with E-state index in [2.05, 4.69) is 41.1 Å². The van der Waals surface area contributed by atoms with Crippen LogP contribution in [0.4, 0.5) is 5.69 Å². The fraction of sp³-hybridized carbons (Fsp3) is 0.455. The van der Waals surface area contributed by atoms with Crippen LogP contribution in [0, 0.1) is 0 Å². The molecule has 1 fully saturated rings. The van der Waals surface area contributed by atoms with Gasteiger partial charge in [0.1, 0.15) is 17.6 Å². The number of hydrogen-bond donors (Lipinski definition) is 1. The van der Waals surface area contributed by atoms with Gasteiger partial charge in [-0.2, -0.15) is 0 Å². The van der Waals surface area contributed by atoms with Gasteiger partial charge in [-0.05, 0) is 43.7 Å². The molecular weight excluding hydrogens is 338 g/mol. The lowest BCUT2D eigenvalue weighted by Gasteiger charge is -2.30. The highest BCUT2D eigenvalue weighted by Gasteiger charge is 2.33. The molecule has 5 heteroatoms. The molecule has 2 N–H and O–H groups in total. The van der Waals surface area contributed by atoms with Gasteiger partial charge in [0.15, 0.2) is 0 Å². The SMILES string of the molecule is COc1ccccc1N1Cc2c(OC3CCN(C)CC3)cccc2C1CN. The Balaban J connectivity index is 1.62. The number of ether oxygens (including phenoxy) is 2. The van der Waals surface area contributed by atoms with Crippen molar-refractivity contribution in [2.75, 3.05) is 38.7 Å². The summed E-state index contributed by atoms with van der Waals surface area (Å²) in [5.41, 5.74) is 9.80. The second-order valence-electron chi connectivity index (χ2n) is 7.50. The molecule has 27 heavy (non-hydrogen) atoms. The van der Waals surface area contributed by atoms with Gasteiger partial charge in [0.05, 0.1) is 18.8 Å². The molecule has 0 bridgehead atoms. The highest BCUT2D eigenvalue weighted by Crippen LogP contribution is 2.44. The third-order valence-corrected chi connectivity index (χ3v) is 5.81. The lowest BCUT2D eigenvalue weighted by Crippen LogP contribution is -2.35. The Bertz CT molecular complexity index is 787. The zero-order chi connectivity index (χ0) is 18.8. The number of rotatable bonds is 5. The maximum Gasteiger partial charge on any atom is 0.142 e. The third-order valence-electron chi connectivity index (χ3n) is 5.81. The summed E-state index contributed by atoms with van der Waals surface area (Å²) in [6.07, 6.45) is 2.46. The number of nitrogens with two attached hydrogens (primary N) is 1. The Morgan fingerprint density at radius 1 is 1.04 bits per heavy atom. The van der Waals surface area contributed by atoms with Crippen LogP contribution in [-0.4, -0.2) is 44.8 Å². The molecule has 0 amide bonds. The minimum atomic E-state index is 0.136. The molecule has 1 saturated heterocycles. The van der Waals surface area contributed by atoms with Gasteiger partial charge < -0.3 is 25.0 Å². The molecule has 2 aromatic rings. The van der Waals surface area contributed by atoms with Crippen molar-refractivity contribution >= 4 is 5.69 Å². The molecular formula is C22H29N3O2. The highest BCUT2D eigenvalue weighted by molar-refractivity contribution is 5.64. The van der Waals surface area contributed by atoms with E-state index in [9.17, 15) is 0 Å². The van der Waals surface area contributed by atoms with Crippen molar-refractivity contribution in [2.24, 2.45) is 5.73 Å². The molecule has 2 heterocycles. The number of hydrogen-bond acceptors (Lipinski definition) is 5. The Morgan fingerprint density at radius 3 is 2.52 bits per heavy atom. The maximum atomic E-state index is 6.45. The second kappa shape index (κ2) is 7.79. The Kier molecular flexibility index (Phi) is 5.23. The van der Waals surface area contributed by atoms with Crippen LogP contribution in [0.2, 0.25) is 0 Å². The van der Waals surface area contributed by atoms with E-state index in [0.717, 1.165) is 49.7 Å². The van der Waals surface area contributed by atoms with Crippen LogP contribution in [0.15, 0.2) is 42.5 Å². The van der Waals surface area contributed by atoms with Gasteiger partial charge in [-0.25, -0.2) is 0 Å². The predicted octanol–water partition coefficient (Wildman–Crippen LogP) is 3.19. The summed E-state index contributed by atoms with van der Waals surface area (Å²) in [5, 5.41) is 0. The molecule has 4 rings (SSSR count). The van der Waals surface area contributed by atoms with Gasteiger partial charge in [0.2, 0.25) is 0 Å². The summed E-state index contributed by atoms with van der Waals surface area (Å²) in [5.74, 6) is 1.89. The number of nitrogens with zero attached hydrogens (tertiary/aromatic N) is 2. The van der Waals surface area contributed by atoms with Crippen molar-refractivity contribution in [1.29, 1.82) is 0 Å². The highest BCUT2D eigenvalue weighted by atomic mass is 16.5. The lowest BCUT2D eigenvalue weighted by atomic mass is 10.0. The molecule has 0 saturated carbocycles. The van der Waals surface area contributed by atoms with E-state index in [1.165, 1.54) is 11.1 Å². The van der Waals surface area contributed by atoms with Crippen molar-refractivity contribution in [2.45, 2.75) is 31.5 Å². The molecule has 5 nitrogen and oxygen atoms in total. The number of fused-ring (bicyclic) bond motifs is 1. The van der Waals surface area contributed by atoms with E-state index < -0.39 is 0 Å². The van der Waals surface area contributed by atoms with Crippen LogP contribution in [-0.2, 0) is 6.54 Å². The predicted molar refractivity (Wildman–Crippen MR) is 109 cm³/mol. The summed E-state index contributed by atoms with van der Waals surface area (Å²) >= 11 is 0. The van der Waals surface area contributed by atoms with Crippen LogP contribution in [0.3, 0.4) is 0 Å². The zero-order valence-electron chi connectivity index (χ0n) is 16.2. The van der Waals surface area contributed by atoms with Crippen molar-refractivity contribution < 1.29 is 9.47 Å². The molecule has 144 valence electrons. The topological polar surface area (TPSA) is 51.0 Å². The van der Waals surface area contributed by atoms with Crippen LogP contribution in [0.5, 0.6) is 11.5 Å². The second-order valence-corrected chi connectivity index (χ2v) is 7.50. The van der Waals surface area contributed by atoms with E-state index in [1.807, 2.05) is 18.2 Å². The molecule has 1 unspecified atom stereocenters. The summed E-state index contributed by atoms with van der Waals surface area (Å²) in [6.45, 7) is 3.54. The van der Waals surface area contributed by atoms with Gasteiger partial charge in [-0.3, -0.25) is 0 Å². The first-order chi connectivity index (χ1) is 13.2. The van der Waals surface area contributed by atoms with Crippen molar-refractivity contribution in [3.05, 3.63) is 53.6 Å². The number of benzene rings is 2. The monoisotopic (exact) mass is 367 g/mol. The van der Waals surface area contributed by atoms with Crippen LogP contribution >= 0.6 is 0 Å². The standard InChI is InChI=1S/C22H29N3O2/c1-24-12-10-16(11-13-24)27-21-9-5-6-17-18(21)15-25(20(17)14-23)19-7-3-4-8-22(19)26-2/h3-9,16,20H,10-15,23H2,1-2H3. The minimum Gasteiger partial charge on any atom is -0.495 e. The normalized spacial score (nSPS) is 20.6. The molecule has 1 atom stereocenters. The van der Waals surface area contributed by atoms with E-state index in [-0.39, 0.29) is 6.04 Å². The Hall–Kier alpha value is -2.24. The van der Waals surface area contributed by atoms with E-state index >= 15 is 0 Å². The van der Waals surface area contributed by atoms with Crippen LogP contribution in [0.1, 0.15) is 30.0 Å². The summed E-state index contributed by atoms with van der Waals surface area (Å²) in [7, 11) is 3.89. The van der Waals surface area contributed by atoms with Gasteiger partial charge in [-0.15, -0.1) is 0 Å². The number of likely N-dealkylation sites (tertiary alicyclic amines) is 1. The van der Waals surface area contributed by atoms with E-state index in [0.29, 0.717) is 12.6 Å². The quantitative estimate of drug-likeness (QED) is 0.880. The molecule has 2 aliphatic heterocycles. The first kappa shape index (κ1) is 18.1. The third kappa shape index (κ3) is 3.49. The van der Waals surface area contributed by atoms with Crippen LogP contribution < -0.4 is 20.1 Å². The zero-order valence-corrected chi connectivity index (χ0v) is 16.2. The number of para-hydroxylation sites is 2. The first-order valence-corrected chi connectivity index (χ1v) is 9.78. The molecule has 2 aliphatic rings. The van der Waals surface area contributed by atoms with Gasteiger partial charge in [0, 0.05) is 31.7 Å². The minimum absolute atomic E-state index is 0.136. The molecule has 0 radical (unpaired) electrons. The van der Waals surface area contributed by atoms with Gasteiger partial charge >= 0.3 is 0 Å². The van der Waals surface area contributed by atoms with Gasteiger partial charge in [-0.1, -0.05) is 24.3 Å². The van der Waals surface area contributed by atoms with Crippen molar-refractivity contribution in [1.82, 2.24) is 4.90 Å².